The third-order valence-corrected chi connectivity index (χ3v) is 8.67. The topological polar surface area (TPSA) is 107 Å². The van der Waals surface area contributed by atoms with Crippen LogP contribution in [-0.4, -0.2) is 46.6 Å². The zero-order valence-corrected chi connectivity index (χ0v) is 16.5. The van der Waals surface area contributed by atoms with E-state index in [-0.39, 0.29) is 17.1 Å². The largest absolute Gasteiger partial charge is 0.495 e. The van der Waals surface area contributed by atoms with E-state index in [0.29, 0.717) is 11.4 Å². The quantitative estimate of drug-likeness (QED) is 0.732. The third-order valence-electron chi connectivity index (χ3n) is 4.50. The van der Waals surface area contributed by atoms with E-state index in [9.17, 15) is 26.0 Å². The normalized spacial score (nSPS) is 18.6. The van der Waals surface area contributed by atoms with Crippen molar-refractivity contribution in [1.82, 2.24) is 0 Å². The first-order valence-electron chi connectivity index (χ1n) is 8.32. The molecule has 1 saturated heterocycles. The minimum atomic E-state index is -4.02. The van der Waals surface area contributed by atoms with Gasteiger partial charge in [-0.05, 0) is 36.8 Å². The summed E-state index contributed by atoms with van der Waals surface area (Å²) in [5, 5.41) is 1.38. The second kappa shape index (κ2) is 7.51. The summed E-state index contributed by atoms with van der Waals surface area (Å²) in [6.45, 7) is 0. The molecule has 0 aliphatic carbocycles. The van der Waals surface area contributed by atoms with Crippen LogP contribution in [0.4, 0.5) is 10.1 Å². The van der Waals surface area contributed by atoms with E-state index >= 15 is 0 Å². The minimum Gasteiger partial charge on any atom is -0.495 e. The number of para-hydroxylation sites is 2. The monoisotopic (exact) mass is 427 g/mol. The zero-order chi connectivity index (χ0) is 20.5. The number of carbonyl (C=O) groups is 1. The van der Waals surface area contributed by atoms with Crippen LogP contribution < -0.4 is 10.1 Å². The number of anilines is 1. The average Bonchev–Trinajstić information content (AvgIpc) is 3.03. The number of nitrogens with one attached hydrogen (secondary N) is 1. The smallest absolute Gasteiger partial charge is 0.258 e. The highest BCUT2D eigenvalue weighted by Gasteiger charge is 2.38. The maximum absolute atomic E-state index is 14.2. The average molecular weight is 427 g/mol. The summed E-state index contributed by atoms with van der Waals surface area (Å²) in [7, 11) is -6.02. The van der Waals surface area contributed by atoms with Crippen molar-refractivity contribution in [3.63, 3.8) is 0 Å². The molecule has 1 amide bonds. The van der Waals surface area contributed by atoms with Gasteiger partial charge in [0.05, 0.1) is 40.0 Å². The summed E-state index contributed by atoms with van der Waals surface area (Å²) in [4.78, 5) is 12.2. The van der Waals surface area contributed by atoms with E-state index in [1.807, 2.05) is 0 Å². The number of carbonyl (C=O) groups excluding carboxylic acids is 1. The maximum Gasteiger partial charge on any atom is 0.258 e. The molecule has 1 N–H and O–H groups in total. The maximum atomic E-state index is 14.2. The highest BCUT2D eigenvalue weighted by Crippen LogP contribution is 2.28. The van der Waals surface area contributed by atoms with Gasteiger partial charge in [0, 0.05) is 0 Å². The molecule has 150 valence electrons. The van der Waals surface area contributed by atoms with Crippen LogP contribution >= 0.6 is 0 Å². The summed E-state index contributed by atoms with van der Waals surface area (Å²) >= 11 is 0. The molecule has 1 heterocycles. The van der Waals surface area contributed by atoms with E-state index < -0.39 is 48.0 Å². The first kappa shape index (κ1) is 20.3. The number of hydrogen-bond donors (Lipinski definition) is 1. The van der Waals surface area contributed by atoms with Crippen molar-refractivity contribution in [2.75, 3.05) is 23.9 Å². The molecular weight excluding hydrogens is 409 g/mol. The van der Waals surface area contributed by atoms with Gasteiger partial charge in [-0.1, -0.05) is 12.1 Å². The van der Waals surface area contributed by atoms with E-state index in [0.717, 1.165) is 18.2 Å². The Kier molecular flexibility index (Phi) is 5.44. The van der Waals surface area contributed by atoms with E-state index in [1.54, 1.807) is 24.3 Å². The Labute approximate surface area is 162 Å². The van der Waals surface area contributed by atoms with Crippen molar-refractivity contribution < 1.29 is 30.8 Å². The summed E-state index contributed by atoms with van der Waals surface area (Å²) in [5.74, 6) is -2.08. The molecule has 10 heteroatoms. The van der Waals surface area contributed by atoms with Crippen LogP contribution in [-0.2, 0) is 19.7 Å². The Hall–Kier alpha value is -2.46. The van der Waals surface area contributed by atoms with Gasteiger partial charge in [0.2, 0.25) is 0 Å². The molecule has 0 saturated carbocycles. The van der Waals surface area contributed by atoms with Crippen molar-refractivity contribution in [1.29, 1.82) is 0 Å². The number of ether oxygens (including phenoxy) is 1. The first-order chi connectivity index (χ1) is 13.1. The molecule has 1 aliphatic heterocycles. The lowest BCUT2D eigenvalue weighted by molar-refractivity contribution is 0.102. The predicted molar refractivity (Wildman–Crippen MR) is 102 cm³/mol. The number of amides is 1. The molecule has 2 aromatic rings. The van der Waals surface area contributed by atoms with Gasteiger partial charge in [0.25, 0.3) is 5.91 Å². The lowest BCUT2D eigenvalue weighted by Gasteiger charge is -2.13. The summed E-state index contributed by atoms with van der Waals surface area (Å²) < 4.78 is 68.0. The third kappa shape index (κ3) is 4.02. The molecule has 0 aromatic heterocycles. The fourth-order valence-electron chi connectivity index (χ4n) is 2.99. The minimum absolute atomic E-state index is 0.0230. The predicted octanol–water partition coefficient (Wildman–Crippen LogP) is 2.05. The molecule has 0 unspecified atom stereocenters. The molecule has 0 bridgehead atoms. The highest BCUT2D eigenvalue weighted by atomic mass is 32.2. The van der Waals surface area contributed by atoms with Gasteiger partial charge in [-0.25, -0.2) is 21.2 Å². The summed E-state index contributed by atoms with van der Waals surface area (Å²) in [6, 6.07) is 9.35. The number of rotatable bonds is 5. The second-order valence-corrected chi connectivity index (χ2v) is 10.8. The van der Waals surface area contributed by atoms with Gasteiger partial charge >= 0.3 is 0 Å². The molecular formula is C18H18FNO6S2. The van der Waals surface area contributed by atoms with Crippen LogP contribution in [0.2, 0.25) is 0 Å². The second-order valence-electron chi connectivity index (χ2n) is 6.37. The van der Waals surface area contributed by atoms with E-state index in [1.165, 1.54) is 7.11 Å². The Bertz CT molecular complexity index is 1130. The number of hydrogen-bond acceptors (Lipinski definition) is 6. The van der Waals surface area contributed by atoms with Crippen molar-refractivity contribution in [2.45, 2.75) is 16.6 Å². The van der Waals surface area contributed by atoms with Crippen molar-refractivity contribution >= 4 is 31.3 Å². The van der Waals surface area contributed by atoms with Crippen LogP contribution in [0.1, 0.15) is 16.8 Å². The molecule has 1 aliphatic rings. The van der Waals surface area contributed by atoms with Gasteiger partial charge in [-0.15, -0.1) is 0 Å². The van der Waals surface area contributed by atoms with Gasteiger partial charge in [0.1, 0.15) is 11.6 Å². The summed E-state index contributed by atoms with van der Waals surface area (Å²) in [6.07, 6.45) is -0.0230. The van der Waals surface area contributed by atoms with Crippen molar-refractivity contribution in [3.8, 4) is 5.75 Å². The number of methoxy groups -OCH3 is 1. The van der Waals surface area contributed by atoms with E-state index in [2.05, 4.69) is 5.32 Å². The van der Waals surface area contributed by atoms with Crippen LogP contribution in [0.3, 0.4) is 0 Å². The molecule has 0 radical (unpaired) electrons. The molecule has 3 rings (SSSR count). The Morgan fingerprint density at radius 1 is 1.21 bits per heavy atom. The zero-order valence-electron chi connectivity index (χ0n) is 14.9. The van der Waals surface area contributed by atoms with E-state index in [4.69, 9.17) is 4.74 Å². The standard InChI is InChI=1S/C18H18FNO6S2/c1-26-17-5-3-2-4-16(17)20-18(21)14-10-12(6-7-15(14)19)28(24,25)13-8-9-27(22,23)11-13/h2-7,10,13H,8-9,11H2,1H3,(H,20,21)/t13-/m1/s1. The highest BCUT2D eigenvalue weighted by molar-refractivity contribution is 7.96. The van der Waals surface area contributed by atoms with Crippen molar-refractivity contribution in [3.05, 3.63) is 53.8 Å². The molecule has 1 atom stereocenters. The number of halogens is 1. The number of benzene rings is 2. The van der Waals surface area contributed by atoms with Crippen LogP contribution in [0, 0.1) is 5.82 Å². The van der Waals surface area contributed by atoms with Gasteiger partial charge in [0.15, 0.2) is 19.7 Å². The molecule has 0 spiro atoms. The van der Waals surface area contributed by atoms with Crippen LogP contribution in [0.5, 0.6) is 5.75 Å². The first-order valence-corrected chi connectivity index (χ1v) is 11.7. The lowest BCUT2D eigenvalue weighted by atomic mass is 10.2. The Morgan fingerprint density at radius 2 is 1.93 bits per heavy atom. The van der Waals surface area contributed by atoms with Crippen LogP contribution in [0.15, 0.2) is 47.4 Å². The Morgan fingerprint density at radius 3 is 2.57 bits per heavy atom. The fourth-order valence-corrected chi connectivity index (χ4v) is 7.38. The molecule has 28 heavy (non-hydrogen) atoms. The molecule has 7 nitrogen and oxygen atoms in total. The molecule has 1 fully saturated rings. The van der Waals surface area contributed by atoms with Gasteiger partial charge < -0.3 is 10.1 Å². The summed E-state index contributed by atoms with van der Waals surface area (Å²) in [5.41, 5.74) is -0.169. The van der Waals surface area contributed by atoms with Crippen molar-refractivity contribution in [2.24, 2.45) is 0 Å². The van der Waals surface area contributed by atoms with Gasteiger partial charge in [-0.3, -0.25) is 4.79 Å². The Balaban J connectivity index is 1.92. The SMILES string of the molecule is COc1ccccc1NC(=O)c1cc(S(=O)(=O)[C@@H]2CCS(=O)(=O)C2)ccc1F. The lowest BCUT2D eigenvalue weighted by Crippen LogP contribution is -2.23. The van der Waals surface area contributed by atoms with Gasteiger partial charge in [-0.2, -0.15) is 0 Å². The fraction of sp³-hybridized carbons (Fsp3) is 0.278. The van der Waals surface area contributed by atoms with Crippen LogP contribution in [0.25, 0.3) is 0 Å². The number of sulfone groups is 2. The molecule has 2 aromatic carbocycles.